The highest BCUT2D eigenvalue weighted by molar-refractivity contribution is 6.35. The first-order valence-electron chi connectivity index (χ1n) is 5.72. The van der Waals surface area contributed by atoms with Gasteiger partial charge in [-0.05, 0) is 31.0 Å². The molecule has 0 bridgehead atoms. The summed E-state index contributed by atoms with van der Waals surface area (Å²) in [6.07, 6.45) is 1.97. The second-order valence-corrected chi connectivity index (χ2v) is 4.55. The number of rotatable bonds is 3. The van der Waals surface area contributed by atoms with Crippen LogP contribution < -0.4 is 11.3 Å². The van der Waals surface area contributed by atoms with Gasteiger partial charge >= 0.3 is 0 Å². The second kappa shape index (κ2) is 4.90. The lowest BCUT2D eigenvalue weighted by molar-refractivity contribution is 0.890. The van der Waals surface area contributed by atoms with Crippen LogP contribution in [-0.4, -0.2) is 4.98 Å². The van der Waals surface area contributed by atoms with Crippen LogP contribution in [0.4, 0.5) is 5.69 Å². The maximum absolute atomic E-state index is 6.20. The zero-order chi connectivity index (χ0) is 12.4. The van der Waals surface area contributed by atoms with Gasteiger partial charge in [-0.25, -0.2) is 0 Å². The molecule has 0 radical (unpaired) electrons. The van der Waals surface area contributed by atoms with Crippen molar-refractivity contribution >= 4 is 28.2 Å². The van der Waals surface area contributed by atoms with Crippen molar-refractivity contribution in [1.82, 2.24) is 4.98 Å². The van der Waals surface area contributed by atoms with E-state index in [1.165, 1.54) is 0 Å². The fraction of sp³-hybridized carbons (Fsp3) is 0.308. The zero-order valence-electron chi connectivity index (χ0n) is 10.0. The van der Waals surface area contributed by atoms with E-state index in [0.29, 0.717) is 5.02 Å². The minimum Gasteiger partial charge on any atom is -0.323 e. The lowest BCUT2D eigenvalue weighted by atomic mass is 10.1. The van der Waals surface area contributed by atoms with Gasteiger partial charge in [0.1, 0.15) is 0 Å². The smallest absolute Gasteiger partial charge is 0.0915 e. The summed E-state index contributed by atoms with van der Waals surface area (Å²) in [5, 5.41) is 1.67. The lowest BCUT2D eigenvalue weighted by Crippen LogP contribution is -2.09. The van der Waals surface area contributed by atoms with Crippen molar-refractivity contribution in [3.63, 3.8) is 0 Å². The summed E-state index contributed by atoms with van der Waals surface area (Å²) in [5.74, 6) is 5.58. The summed E-state index contributed by atoms with van der Waals surface area (Å²) in [6.45, 7) is 4.15. The molecular formula is C13H16ClN3. The molecule has 0 unspecified atom stereocenters. The van der Waals surface area contributed by atoms with Gasteiger partial charge in [-0.2, -0.15) is 0 Å². The van der Waals surface area contributed by atoms with Gasteiger partial charge in [0.25, 0.3) is 0 Å². The van der Waals surface area contributed by atoms with Crippen LogP contribution in [0.2, 0.25) is 5.02 Å². The molecule has 2 rings (SSSR count). The Labute approximate surface area is 106 Å². The topological polar surface area (TPSA) is 50.9 Å². The second-order valence-electron chi connectivity index (χ2n) is 4.14. The van der Waals surface area contributed by atoms with Crippen LogP contribution in [-0.2, 0) is 6.42 Å². The number of nitrogens with one attached hydrogen (secondary N) is 1. The minimum absolute atomic E-state index is 0.667. The molecule has 3 nitrogen and oxygen atoms in total. The monoisotopic (exact) mass is 249 g/mol. The van der Waals surface area contributed by atoms with Gasteiger partial charge in [-0.3, -0.25) is 10.8 Å². The summed E-state index contributed by atoms with van der Waals surface area (Å²) >= 11 is 6.20. The third kappa shape index (κ3) is 2.21. The van der Waals surface area contributed by atoms with Crippen LogP contribution >= 0.6 is 11.6 Å². The molecule has 3 N–H and O–H groups in total. The predicted octanol–water partition coefficient (Wildman–Crippen LogP) is 3.43. The first-order chi connectivity index (χ1) is 8.17. The number of nitrogen functional groups attached to an aromatic ring is 1. The number of aromatic nitrogens is 1. The van der Waals surface area contributed by atoms with E-state index in [4.69, 9.17) is 17.4 Å². The van der Waals surface area contributed by atoms with Gasteiger partial charge in [-0.15, -0.1) is 0 Å². The summed E-state index contributed by atoms with van der Waals surface area (Å²) < 4.78 is 0. The largest absolute Gasteiger partial charge is 0.323 e. The SMILES string of the molecule is CCCc1cc(NN)c2c(C)ccc(Cl)c2n1. The van der Waals surface area contributed by atoms with Crippen molar-refractivity contribution in [3.8, 4) is 0 Å². The number of benzene rings is 1. The molecule has 0 saturated heterocycles. The summed E-state index contributed by atoms with van der Waals surface area (Å²) in [6, 6.07) is 5.85. The van der Waals surface area contributed by atoms with Crippen molar-refractivity contribution < 1.29 is 0 Å². The van der Waals surface area contributed by atoms with E-state index in [0.717, 1.165) is 40.7 Å². The fourth-order valence-corrected chi connectivity index (χ4v) is 2.23. The van der Waals surface area contributed by atoms with Crippen molar-refractivity contribution in [2.24, 2.45) is 5.84 Å². The van der Waals surface area contributed by atoms with E-state index in [9.17, 15) is 0 Å². The number of pyridine rings is 1. The normalized spacial score (nSPS) is 10.8. The number of fused-ring (bicyclic) bond motifs is 1. The van der Waals surface area contributed by atoms with E-state index < -0.39 is 0 Å². The lowest BCUT2D eigenvalue weighted by Gasteiger charge is -2.11. The molecular weight excluding hydrogens is 234 g/mol. The van der Waals surface area contributed by atoms with Gasteiger partial charge in [0.05, 0.1) is 16.2 Å². The number of nitrogens with two attached hydrogens (primary N) is 1. The van der Waals surface area contributed by atoms with Crippen LogP contribution in [0.25, 0.3) is 10.9 Å². The van der Waals surface area contributed by atoms with Crippen LogP contribution in [0.3, 0.4) is 0 Å². The van der Waals surface area contributed by atoms with Gasteiger partial charge in [-0.1, -0.05) is 31.0 Å². The molecule has 0 fully saturated rings. The Morgan fingerprint density at radius 3 is 2.82 bits per heavy atom. The standard InChI is InChI=1S/C13H16ClN3/c1-3-4-9-7-11(17-15)12-8(2)5-6-10(14)13(12)16-9/h5-7H,3-4,15H2,1-2H3,(H,16,17). The van der Waals surface area contributed by atoms with E-state index in [1.54, 1.807) is 0 Å². The first-order valence-corrected chi connectivity index (χ1v) is 6.10. The maximum Gasteiger partial charge on any atom is 0.0915 e. The Balaban J connectivity index is 2.77. The number of hydrazine groups is 1. The highest BCUT2D eigenvalue weighted by atomic mass is 35.5. The average Bonchev–Trinajstić information content (AvgIpc) is 2.33. The Bertz CT molecular complexity index is 552. The fourth-order valence-electron chi connectivity index (χ4n) is 2.03. The number of halogens is 1. The van der Waals surface area contributed by atoms with Crippen molar-refractivity contribution in [2.75, 3.05) is 5.43 Å². The van der Waals surface area contributed by atoms with Gasteiger partial charge in [0.15, 0.2) is 0 Å². The van der Waals surface area contributed by atoms with Gasteiger partial charge < -0.3 is 5.43 Å². The molecule has 0 spiro atoms. The average molecular weight is 250 g/mol. The van der Waals surface area contributed by atoms with E-state index in [1.807, 2.05) is 25.1 Å². The third-order valence-corrected chi connectivity index (χ3v) is 3.14. The highest BCUT2D eigenvalue weighted by Gasteiger charge is 2.10. The molecule has 4 heteroatoms. The molecule has 90 valence electrons. The van der Waals surface area contributed by atoms with E-state index >= 15 is 0 Å². The molecule has 1 aromatic carbocycles. The van der Waals surface area contributed by atoms with Gasteiger partial charge in [0.2, 0.25) is 0 Å². The third-order valence-electron chi connectivity index (χ3n) is 2.83. The molecule has 0 aliphatic carbocycles. The van der Waals surface area contributed by atoms with Crippen LogP contribution in [0.5, 0.6) is 0 Å². The quantitative estimate of drug-likeness (QED) is 0.647. The molecule has 1 aromatic heterocycles. The Morgan fingerprint density at radius 2 is 2.18 bits per heavy atom. The molecule has 0 aliphatic rings. The molecule has 0 amide bonds. The van der Waals surface area contributed by atoms with Crippen molar-refractivity contribution in [2.45, 2.75) is 26.7 Å². The molecule has 2 aromatic rings. The van der Waals surface area contributed by atoms with Crippen molar-refractivity contribution in [1.29, 1.82) is 0 Å². The molecule has 0 atom stereocenters. The van der Waals surface area contributed by atoms with Crippen LogP contribution in [0.15, 0.2) is 18.2 Å². The van der Waals surface area contributed by atoms with Gasteiger partial charge in [0, 0.05) is 11.1 Å². The summed E-state index contributed by atoms with van der Waals surface area (Å²) in [4.78, 5) is 4.61. The predicted molar refractivity (Wildman–Crippen MR) is 73.3 cm³/mol. The molecule has 0 saturated carbocycles. The zero-order valence-corrected chi connectivity index (χ0v) is 10.8. The number of nitrogens with zero attached hydrogens (tertiary/aromatic N) is 1. The molecule has 1 heterocycles. The Morgan fingerprint density at radius 1 is 1.41 bits per heavy atom. The molecule has 0 aliphatic heterocycles. The Hall–Kier alpha value is -1.32. The Kier molecular flexibility index (Phi) is 3.50. The summed E-state index contributed by atoms with van der Waals surface area (Å²) in [7, 11) is 0. The van der Waals surface area contributed by atoms with Crippen LogP contribution in [0, 0.1) is 6.92 Å². The number of anilines is 1. The minimum atomic E-state index is 0.667. The first kappa shape index (κ1) is 12.1. The summed E-state index contributed by atoms with van der Waals surface area (Å²) in [5.41, 5.74) is 6.58. The van der Waals surface area contributed by atoms with Crippen molar-refractivity contribution in [3.05, 3.63) is 34.5 Å². The van der Waals surface area contributed by atoms with Crippen LogP contribution in [0.1, 0.15) is 24.6 Å². The number of hydrogen-bond donors (Lipinski definition) is 2. The maximum atomic E-state index is 6.20. The van der Waals surface area contributed by atoms with E-state index in [-0.39, 0.29) is 0 Å². The number of hydrogen-bond acceptors (Lipinski definition) is 3. The molecule has 17 heavy (non-hydrogen) atoms. The number of aryl methyl sites for hydroxylation is 2. The highest BCUT2D eigenvalue weighted by Crippen LogP contribution is 2.31. The van der Waals surface area contributed by atoms with E-state index in [2.05, 4.69) is 17.3 Å².